The predicted octanol–water partition coefficient (Wildman–Crippen LogP) is 4.16. The third kappa shape index (κ3) is 5.38. The van der Waals surface area contributed by atoms with E-state index >= 15 is 0 Å². The number of aromatic nitrogens is 4. The van der Waals surface area contributed by atoms with Gasteiger partial charge in [0, 0.05) is 18.5 Å². The van der Waals surface area contributed by atoms with Crippen molar-refractivity contribution in [3.05, 3.63) is 54.0 Å². The number of nitrogens with one attached hydrogen (secondary N) is 1. The van der Waals surface area contributed by atoms with Crippen LogP contribution in [0.3, 0.4) is 0 Å². The van der Waals surface area contributed by atoms with Gasteiger partial charge in [0.25, 0.3) is 0 Å². The van der Waals surface area contributed by atoms with Gasteiger partial charge < -0.3 is 10.0 Å². The first kappa shape index (κ1) is 18.1. The third-order valence-corrected chi connectivity index (χ3v) is 5.14. The van der Waals surface area contributed by atoms with Gasteiger partial charge in [-0.15, -0.1) is 10.2 Å². The number of carbonyl (C=O) groups excluding carboxylic acids is 1. The molecule has 8 heteroatoms. The van der Waals surface area contributed by atoms with Crippen molar-refractivity contribution in [1.82, 2.24) is 25.5 Å². The second kappa shape index (κ2) is 10.7. The van der Waals surface area contributed by atoms with E-state index in [-0.39, 0.29) is 59.9 Å². The average molecular weight is 440 g/mol. The number of unbranched alkanes of at least 4 members (excludes halogenated alkanes) is 1. The number of nitrogens with zero attached hydrogens (tertiary/aromatic N) is 4. The highest BCUT2D eigenvalue weighted by Gasteiger charge is 2.32. The van der Waals surface area contributed by atoms with Gasteiger partial charge >= 0.3 is 5.97 Å². The highest BCUT2D eigenvalue weighted by Crippen LogP contribution is 2.30. The highest BCUT2D eigenvalue weighted by atomic mass is 16.4. The minimum atomic E-state index is -1.06. The number of aliphatic carboxylic acids is 1. The SMILES string of the molecule is [2H]c1c([2H])c([2H])c(-c2nn[nH]n2)c(-c2ccc(CN(C(=O)CCCC)[C@H](C(=O)O)C(C)C)cc2)c1[2H]. The van der Waals surface area contributed by atoms with E-state index in [1.54, 1.807) is 38.1 Å². The fourth-order valence-corrected chi connectivity index (χ4v) is 3.53. The number of tetrazole rings is 1. The zero-order valence-corrected chi connectivity index (χ0v) is 18.3. The Morgan fingerprint density at radius 1 is 1.16 bits per heavy atom. The monoisotopic (exact) mass is 439 g/mol. The number of carboxylic acid groups (broad SMARTS) is 1. The molecule has 0 spiro atoms. The maximum atomic E-state index is 12.9. The summed E-state index contributed by atoms with van der Waals surface area (Å²) in [6, 6.07) is 4.49. The molecule has 8 nitrogen and oxygen atoms in total. The Morgan fingerprint density at radius 3 is 2.41 bits per heavy atom. The van der Waals surface area contributed by atoms with E-state index in [1.807, 2.05) is 6.92 Å². The minimum Gasteiger partial charge on any atom is -0.480 e. The molecule has 0 aliphatic carbocycles. The molecule has 2 N–H and O–H groups in total. The van der Waals surface area contributed by atoms with Crippen LogP contribution in [0, 0.1) is 5.92 Å². The summed E-state index contributed by atoms with van der Waals surface area (Å²) in [4.78, 5) is 26.3. The molecule has 168 valence electrons. The van der Waals surface area contributed by atoms with Crippen molar-refractivity contribution < 1.29 is 20.2 Å². The second-order valence-electron chi connectivity index (χ2n) is 7.83. The van der Waals surface area contributed by atoms with Crippen LogP contribution in [0.4, 0.5) is 0 Å². The Labute approximate surface area is 193 Å². The Hall–Kier alpha value is -3.55. The molecule has 2 aromatic carbocycles. The molecule has 0 saturated carbocycles. The van der Waals surface area contributed by atoms with E-state index < -0.39 is 18.1 Å². The first-order valence-corrected chi connectivity index (χ1v) is 10.5. The van der Waals surface area contributed by atoms with Crippen LogP contribution < -0.4 is 0 Å². The molecule has 0 aliphatic rings. The van der Waals surface area contributed by atoms with E-state index in [0.29, 0.717) is 17.5 Å². The number of hydrogen-bond acceptors (Lipinski definition) is 5. The molecule has 1 atom stereocenters. The van der Waals surface area contributed by atoms with Crippen molar-refractivity contribution in [2.24, 2.45) is 5.92 Å². The molecule has 3 rings (SSSR count). The minimum absolute atomic E-state index is 0.0370. The lowest BCUT2D eigenvalue weighted by Gasteiger charge is -2.32. The van der Waals surface area contributed by atoms with Gasteiger partial charge in [0.05, 0.1) is 5.48 Å². The molecule has 1 heterocycles. The first-order valence-electron chi connectivity index (χ1n) is 12.5. The molecule has 0 unspecified atom stereocenters. The molecule has 0 saturated heterocycles. The topological polar surface area (TPSA) is 112 Å². The van der Waals surface area contributed by atoms with E-state index in [0.717, 1.165) is 6.42 Å². The summed E-state index contributed by atoms with van der Waals surface area (Å²) < 4.78 is 32.9. The van der Waals surface area contributed by atoms with Gasteiger partial charge in [0.2, 0.25) is 11.7 Å². The maximum absolute atomic E-state index is 12.9. The standard InChI is InChI=1S/C24H29N5O3/c1-4-5-10-21(30)29(22(16(2)3)24(31)32)15-17-11-13-18(14-12-17)19-8-6-7-9-20(19)23-25-27-28-26-23/h6-9,11-14,16,22H,4-5,10,15H2,1-3H3,(H,31,32)(H,25,26,27,28)/t22-/m0/s1/i6D,7D,8D,9D. The van der Waals surface area contributed by atoms with Gasteiger partial charge in [-0.25, -0.2) is 4.79 Å². The molecule has 32 heavy (non-hydrogen) atoms. The fraction of sp³-hybridized carbons (Fsp3) is 0.375. The number of rotatable bonds is 10. The van der Waals surface area contributed by atoms with Crippen LogP contribution in [0.15, 0.2) is 48.4 Å². The highest BCUT2D eigenvalue weighted by molar-refractivity contribution is 5.84. The van der Waals surface area contributed by atoms with Crippen molar-refractivity contribution in [2.75, 3.05) is 0 Å². The summed E-state index contributed by atoms with van der Waals surface area (Å²) in [5.41, 5.74) is 1.52. The average Bonchev–Trinajstić information content (AvgIpc) is 3.37. The quantitative estimate of drug-likeness (QED) is 0.490. The fourth-order valence-electron chi connectivity index (χ4n) is 3.53. The second-order valence-corrected chi connectivity index (χ2v) is 7.83. The zero-order valence-electron chi connectivity index (χ0n) is 22.3. The van der Waals surface area contributed by atoms with Crippen LogP contribution >= 0.6 is 0 Å². The van der Waals surface area contributed by atoms with Crippen molar-refractivity contribution in [3.63, 3.8) is 0 Å². The smallest absolute Gasteiger partial charge is 0.326 e. The normalized spacial score (nSPS) is 13.8. The van der Waals surface area contributed by atoms with Gasteiger partial charge in [-0.05, 0) is 34.2 Å². The lowest BCUT2D eigenvalue weighted by Crippen LogP contribution is -2.47. The summed E-state index contributed by atoms with van der Waals surface area (Å²) in [5, 5.41) is 23.4. The molecule has 3 aromatic rings. The van der Waals surface area contributed by atoms with Crippen molar-refractivity contribution in [2.45, 2.75) is 52.6 Å². The molecular formula is C24H29N5O3. The number of carboxylic acids is 1. The number of amides is 1. The van der Waals surface area contributed by atoms with Crippen molar-refractivity contribution in [1.29, 1.82) is 0 Å². The Balaban J connectivity index is 2.03. The summed E-state index contributed by atoms with van der Waals surface area (Å²) in [6.45, 7) is 5.60. The molecule has 1 aromatic heterocycles. The van der Waals surface area contributed by atoms with E-state index in [1.165, 1.54) is 4.90 Å². The predicted molar refractivity (Wildman–Crippen MR) is 121 cm³/mol. The summed E-state index contributed by atoms with van der Waals surface area (Å²) in [5.74, 6) is -1.53. The van der Waals surface area contributed by atoms with E-state index in [2.05, 4.69) is 20.6 Å². The Bertz CT molecular complexity index is 1230. The lowest BCUT2D eigenvalue weighted by molar-refractivity contribution is -0.153. The molecule has 0 aliphatic heterocycles. The largest absolute Gasteiger partial charge is 0.480 e. The number of hydrogen-bond donors (Lipinski definition) is 2. The number of aromatic amines is 1. The van der Waals surface area contributed by atoms with Crippen LogP contribution in [0.1, 0.15) is 51.1 Å². The Morgan fingerprint density at radius 2 is 1.84 bits per heavy atom. The molecule has 1 amide bonds. The van der Waals surface area contributed by atoms with Crippen LogP contribution in [-0.4, -0.2) is 48.5 Å². The summed E-state index contributed by atoms with van der Waals surface area (Å²) >= 11 is 0. The summed E-state index contributed by atoms with van der Waals surface area (Å²) in [7, 11) is 0. The van der Waals surface area contributed by atoms with Gasteiger partial charge in [0.1, 0.15) is 6.04 Å². The van der Waals surface area contributed by atoms with Gasteiger partial charge in [-0.3, -0.25) is 4.79 Å². The molecule has 0 fully saturated rings. The van der Waals surface area contributed by atoms with Crippen molar-refractivity contribution in [3.8, 4) is 22.5 Å². The third-order valence-electron chi connectivity index (χ3n) is 5.14. The van der Waals surface area contributed by atoms with Gasteiger partial charge in [0.15, 0.2) is 0 Å². The van der Waals surface area contributed by atoms with Gasteiger partial charge in [-0.2, -0.15) is 5.21 Å². The Kier molecular flexibility index (Phi) is 6.02. The number of H-pyrrole nitrogens is 1. The van der Waals surface area contributed by atoms with E-state index in [9.17, 15) is 14.7 Å². The van der Waals surface area contributed by atoms with Crippen molar-refractivity contribution >= 4 is 11.9 Å². The van der Waals surface area contributed by atoms with E-state index in [4.69, 9.17) is 5.48 Å². The van der Waals surface area contributed by atoms with Crippen LogP contribution in [0.25, 0.3) is 22.5 Å². The maximum Gasteiger partial charge on any atom is 0.326 e. The summed E-state index contributed by atoms with van der Waals surface area (Å²) in [6.07, 6.45) is 1.75. The van der Waals surface area contributed by atoms with Crippen LogP contribution in [-0.2, 0) is 16.1 Å². The molecule has 0 bridgehead atoms. The van der Waals surface area contributed by atoms with Crippen LogP contribution in [0.5, 0.6) is 0 Å². The lowest BCUT2D eigenvalue weighted by atomic mass is 9.97. The number of benzene rings is 2. The molecular weight excluding hydrogens is 406 g/mol. The number of carbonyl (C=O) groups is 2. The first-order chi connectivity index (χ1) is 17.1. The zero-order chi connectivity index (χ0) is 26.6. The molecule has 0 radical (unpaired) electrons. The van der Waals surface area contributed by atoms with Gasteiger partial charge in [-0.1, -0.05) is 75.6 Å². The van der Waals surface area contributed by atoms with Crippen LogP contribution in [0.2, 0.25) is 0 Å².